The summed E-state index contributed by atoms with van der Waals surface area (Å²) >= 11 is 0. The zero-order valence-electron chi connectivity index (χ0n) is 10.2. The summed E-state index contributed by atoms with van der Waals surface area (Å²) in [4.78, 5) is 10.5. The molecule has 0 aliphatic rings. The fraction of sp³-hybridized carbons (Fsp3) is 0.400. The monoisotopic (exact) mass is 279 g/mol. The van der Waals surface area contributed by atoms with Crippen LogP contribution in [-0.2, 0) is 11.3 Å². The highest BCUT2D eigenvalue weighted by atomic mass is 35.7. The van der Waals surface area contributed by atoms with Gasteiger partial charge in [0.1, 0.15) is 0 Å². The SMILES string of the molecule is Cc1cc(C)[n+](CC(=O)O)c(C)c1.[O-][Cl+3]([O-])([O-])[O-]. The summed E-state index contributed by atoms with van der Waals surface area (Å²) in [5, 5.41) is 8.66. The molecule has 0 spiro atoms. The molecule has 0 fully saturated rings. The normalized spacial score (nSPS) is 10.6. The van der Waals surface area contributed by atoms with Crippen LogP contribution in [0.5, 0.6) is 0 Å². The lowest BCUT2D eigenvalue weighted by Crippen LogP contribution is -2.68. The Morgan fingerprint density at radius 3 is 1.78 bits per heavy atom. The maximum absolute atomic E-state index is 10.5. The van der Waals surface area contributed by atoms with Crippen LogP contribution in [0.3, 0.4) is 0 Å². The number of aromatic nitrogens is 1. The summed E-state index contributed by atoms with van der Waals surface area (Å²) in [5.74, 6) is -0.806. The van der Waals surface area contributed by atoms with E-state index in [-0.39, 0.29) is 6.54 Å². The quantitative estimate of drug-likeness (QED) is 0.552. The summed E-state index contributed by atoms with van der Waals surface area (Å²) in [6.07, 6.45) is 0. The van der Waals surface area contributed by atoms with Crippen molar-refractivity contribution in [2.24, 2.45) is 0 Å². The molecule has 0 unspecified atom stereocenters. The zero-order chi connectivity index (χ0) is 14.5. The number of carboxylic acid groups (broad SMARTS) is 1. The summed E-state index contributed by atoms with van der Waals surface area (Å²) in [5.41, 5.74) is 3.14. The van der Waals surface area contributed by atoms with E-state index in [4.69, 9.17) is 23.7 Å². The number of carbonyl (C=O) groups is 1. The molecule has 102 valence electrons. The minimum Gasteiger partial charge on any atom is -0.477 e. The molecule has 0 atom stereocenters. The highest BCUT2D eigenvalue weighted by Gasteiger charge is 2.14. The molecule has 1 rings (SSSR count). The predicted octanol–water partition coefficient (Wildman–Crippen LogP) is -3.77. The Labute approximate surface area is 106 Å². The smallest absolute Gasteiger partial charge is 0.370 e. The van der Waals surface area contributed by atoms with E-state index in [9.17, 15) is 4.79 Å². The van der Waals surface area contributed by atoms with Crippen LogP contribution in [0.15, 0.2) is 12.1 Å². The van der Waals surface area contributed by atoms with Gasteiger partial charge in [0.2, 0.25) is 6.54 Å². The summed E-state index contributed by atoms with van der Waals surface area (Å²) < 4.78 is 35.8. The molecule has 0 saturated heterocycles. The van der Waals surface area contributed by atoms with Crippen molar-refractivity contribution in [3.05, 3.63) is 29.1 Å². The average Bonchev–Trinajstić information content (AvgIpc) is 2.07. The lowest BCUT2D eigenvalue weighted by Gasteiger charge is -2.17. The van der Waals surface area contributed by atoms with E-state index in [1.165, 1.54) is 0 Å². The second-order valence-corrected chi connectivity index (χ2v) is 4.43. The number of nitrogens with zero attached hydrogens (tertiary/aromatic N) is 1. The number of rotatable bonds is 2. The van der Waals surface area contributed by atoms with Crippen LogP contribution >= 0.6 is 0 Å². The van der Waals surface area contributed by atoms with E-state index in [0.717, 1.165) is 17.0 Å². The lowest BCUT2D eigenvalue weighted by atomic mass is 10.2. The predicted molar refractivity (Wildman–Crippen MR) is 48.5 cm³/mol. The van der Waals surface area contributed by atoms with Gasteiger partial charge in [-0.05, 0) is 12.5 Å². The van der Waals surface area contributed by atoms with Crippen molar-refractivity contribution in [1.29, 1.82) is 0 Å². The van der Waals surface area contributed by atoms with Crippen LogP contribution < -0.4 is 23.2 Å². The molecule has 0 bridgehead atoms. The Morgan fingerprint density at radius 1 is 1.17 bits per heavy atom. The highest BCUT2D eigenvalue weighted by Crippen LogP contribution is 2.01. The van der Waals surface area contributed by atoms with Gasteiger partial charge in [0.05, 0.1) is 0 Å². The van der Waals surface area contributed by atoms with Gasteiger partial charge in [-0.2, -0.15) is 4.57 Å². The molecule has 0 amide bonds. The van der Waals surface area contributed by atoms with Gasteiger partial charge in [-0.3, -0.25) is 0 Å². The van der Waals surface area contributed by atoms with Crippen molar-refractivity contribution in [3.8, 4) is 0 Å². The molecular formula is C10H14ClNO6. The number of aryl methyl sites for hydroxylation is 3. The van der Waals surface area contributed by atoms with Gasteiger partial charge in [-0.25, -0.2) is 23.4 Å². The van der Waals surface area contributed by atoms with E-state index in [2.05, 4.69) is 0 Å². The molecular weight excluding hydrogens is 266 g/mol. The first-order valence-electron chi connectivity index (χ1n) is 4.82. The van der Waals surface area contributed by atoms with Crippen LogP contribution in [0.1, 0.15) is 17.0 Å². The van der Waals surface area contributed by atoms with E-state index in [0.29, 0.717) is 0 Å². The minimum atomic E-state index is -4.94. The number of carboxylic acids is 1. The van der Waals surface area contributed by atoms with Gasteiger partial charge in [0.15, 0.2) is 11.4 Å². The van der Waals surface area contributed by atoms with Crippen LogP contribution in [0.25, 0.3) is 0 Å². The van der Waals surface area contributed by atoms with Gasteiger partial charge >= 0.3 is 5.97 Å². The first-order chi connectivity index (χ1) is 8.00. The number of hydrogen-bond acceptors (Lipinski definition) is 5. The Balaban J connectivity index is 0.000000494. The number of halogens is 1. The van der Waals surface area contributed by atoms with E-state index >= 15 is 0 Å². The Kier molecular flexibility index (Phi) is 6.16. The molecule has 0 radical (unpaired) electrons. The number of aliphatic carboxylic acids is 1. The molecule has 1 heterocycles. The van der Waals surface area contributed by atoms with Crippen molar-refractivity contribution in [2.75, 3.05) is 0 Å². The van der Waals surface area contributed by atoms with Crippen molar-refractivity contribution >= 4 is 5.97 Å². The Bertz CT molecular complexity index is 400. The zero-order valence-corrected chi connectivity index (χ0v) is 10.9. The van der Waals surface area contributed by atoms with Crippen molar-refractivity contribution in [2.45, 2.75) is 27.3 Å². The molecule has 1 N–H and O–H groups in total. The molecule has 0 saturated carbocycles. The van der Waals surface area contributed by atoms with Crippen molar-refractivity contribution in [3.63, 3.8) is 0 Å². The molecule has 1 aromatic rings. The van der Waals surface area contributed by atoms with Gasteiger partial charge in [-0.1, -0.05) is 0 Å². The Morgan fingerprint density at radius 2 is 1.50 bits per heavy atom. The number of pyridine rings is 1. The lowest BCUT2D eigenvalue weighted by molar-refractivity contribution is -2.00. The van der Waals surface area contributed by atoms with E-state index < -0.39 is 16.2 Å². The van der Waals surface area contributed by atoms with E-state index in [1.807, 2.05) is 32.9 Å². The molecule has 0 aliphatic heterocycles. The third kappa shape index (κ3) is 7.93. The second kappa shape index (κ2) is 6.62. The fourth-order valence-electron chi connectivity index (χ4n) is 1.52. The molecule has 7 nitrogen and oxygen atoms in total. The second-order valence-electron chi connectivity index (χ2n) is 3.67. The van der Waals surface area contributed by atoms with Crippen LogP contribution in [-0.4, -0.2) is 11.1 Å². The van der Waals surface area contributed by atoms with Crippen molar-refractivity contribution < 1.29 is 43.3 Å². The van der Waals surface area contributed by atoms with Gasteiger partial charge in [-0.15, -0.1) is 10.2 Å². The van der Waals surface area contributed by atoms with Gasteiger partial charge < -0.3 is 5.11 Å². The van der Waals surface area contributed by atoms with Crippen LogP contribution in [0.2, 0.25) is 0 Å². The number of hydrogen-bond donors (Lipinski definition) is 1. The van der Waals surface area contributed by atoms with Crippen molar-refractivity contribution in [1.82, 2.24) is 0 Å². The minimum absolute atomic E-state index is 0.0396. The molecule has 8 heteroatoms. The third-order valence-electron chi connectivity index (χ3n) is 2.02. The van der Waals surface area contributed by atoms with Gasteiger partial charge in [0, 0.05) is 26.0 Å². The molecule has 18 heavy (non-hydrogen) atoms. The maximum Gasteiger partial charge on any atom is 0.370 e. The summed E-state index contributed by atoms with van der Waals surface area (Å²) in [6, 6.07) is 3.96. The topological polar surface area (TPSA) is 133 Å². The van der Waals surface area contributed by atoms with E-state index in [1.54, 1.807) is 4.57 Å². The summed E-state index contributed by atoms with van der Waals surface area (Å²) in [7, 11) is -4.94. The molecule has 1 aromatic heterocycles. The molecule has 0 aromatic carbocycles. The average molecular weight is 280 g/mol. The molecule has 0 aliphatic carbocycles. The van der Waals surface area contributed by atoms with Crippen LogP contribution in [0, 0.1) is 31.0 Å². The fourth-order valence-corrected chi connectivity index (χ4v) is 1.52. The highest BCUT2D eigenvalue weighted by molar-refractivity contribution is 5.64. The standard InChI is InChI=1S/C10H13NO2.ClHO4/c1-7-4-8(2)11(6-10(12)13)9(3)5-7;2-1(3,4)5/h4-5H,6H2,1-3H3;(H,2,3,4,5). The van der Waals surface area contributed by atoms with Crippen LogP contribution in [0.4, 0.5) is 0 Å². The Hall–Kier alpha value is -1.25. The maximum atomic E-state index is 10.5. The third-order valence-corrected chi connectivity index (χ3v) is 2.02. The first-order valence-corrected chi connectivity index (χ1v) is 6.05. The first kappa shape index (κ1) is 16.8. The largest absolute Gasteiger partial charge is 0.477 e. The summed E-state index contributed by atoms with van der Waals surface area (Å²) in [6.45, 7) is 5.88. The van der Waals surface area contributed by atoms with Gasteiger partial charge in [0.25, 0.3) is 0 Å².